The fraction of sp³-hybridized carbons (Fsp3) is 0.167. The van der Waals surface area contributed by atoms with Gasteiger partial charge < -0.3 is 9.84 Å². The lowest BCUT2D eigenvalue weighted by molar-refractivity contribution is -0.132. The third-order valence-electron chi connectivity index (χ3n) is 5.52. The van der Waals surface area contributed by atoms with Crippen molar-refractivity contribution in [1.82, 2.24) is 0 Å². The topological polar surface area (TPSA) is 66.8 Å². The molecule has 0 bridgehead atoms. The molecule has 1 fully saturated rings. The van der Waals surface area contributed by atoms with Gasteiger partial charge >= 0.3 is 0 Å². The predicted molar refractivity (Wildman–Crippen MR) is 126 cm³/mol. The van der Waals surface area contributed by atoms with Crippen LogP contribution < -0.4 is 9.64 Å². The molecule has 3 aromatic rings. The van der Waals surface area contributed by atoms with Gasteiger partial charge in [-0.2, -0.15) is 0 Å². The summed E-state index contributed by atoms with van der Waals surface area (Å²) in [6, 6.07) is 13.7. The van der Waals surface area contributed by atoms with Crippen molar-refractivity contribution in [1.29, 1.82) is 0 Å². The minimum absolute atomic E-state index is 0.0745. The van der Waals surface area contributed by atoms with Gasteiger partial charge in [0.2, 0.25) is 0 Å². The van der Waals surface area contributed by atoms with E-state index in [1.54, 1.807) is 25.3 Å². The standard InChI is InChI=1S/C24H20BrNO4S/c1-13-6-4-7-17(14(13)2)26-21(19-8-5-11-31-19)20(23(28)24(26)29)22(27)15-9-10-18(30-3)16(25)12-15/h4-12,21,27H,1-3H3/b22-20-. The van der Waals surface area contributed by atoms with Crippen molar-refractivity contribution in [2.75, 3.05) is 12.0 Å². The molecule has 1 atom stereocenters. The van der Waals surface area contributed by atoms with Crippen LogP contribution in [0.25, 0.3) is 5.76 Å². The number of methoxy groups -OCH3 is 1. The highest BCUT2D eigenvalue weighted by atomic mass is 79.9. The molecule has 1 aromatic heterocycles. The van der Waals surface area contributed by atoms with Crippen LogP contribution in [0.3, 0.4) is 0 Å². The first kappa shape index (κ1) is 21.3. The van der Waals surface area contributed by atoms with Crippen LogP contribution in [0.5, 0.6) is 5.75 Å². The van der Waals surface area contributed by atoms with Crippen LogP contribution in [0.15, 0.2) is 64.0 Å². The zero-order valence-corrected chi connectivity index (χ0v) is 19.6. The van der Waals surface area contributed by atoms with Gasteiger partial charge in [0, 0.05) is 16.1 Å². The average molecular weight is 498 g/mol. The number of hydrogen-bond donors (Lipinski definition) is 1. The number of hydrogen-bond acceptors (Lipinski definition) is 5. The highest BCUT2D eigenvalue weighted by Crippen LogP contribution is 2.45. The maximum absolute atomic E-state index is 13.2. The van der Waals surface area contributed by atoms with Crippen molar-refractivity contribution in [2.24, 2.45) is 0 Å². The second kappa shape index (κ2) is 8.32. The van der Waals surface area contributed by atoms with Crippen LogP contribution in [0.2, 0.25) is 0 Å². The Hall–Kier alpha value is -2.90. The number of anilines is 1. The molecule has 1 aliphatic rings. The second-order valence-corrected chi connectivity index (χ2v) is 9.09. The fourth-order valence-corrected chi connectivity index (χ4v) is 5.13. The lowest BCUT2D eigenvalue weighted by atomic mass is 9.99. The maximum atomic E-state index is 13.2. The number of thiophene rings is 1. The summed E-state index contributed by atoms with van der Waals surface area (Å²) < 4.78 is 5.89. The van der Waals surface area contributed by atoms with Crippen molar-refractivity contribution in [2.45, 2.75) is 19.9 Å². The Morgan fingerprint density at radius 3 is 2.55 bits per heavy atom. The molecule has 1 amide bonds. The van der Waals surface area contributed by atoms with Crippen LogP contribution in [0.1, 0.15) is 27.6 Å². The Kier molecular flexibility index (Phi) is 5.73. The molecule has 0 aliphatic carbocycles. The number of halogens is 1. The third-order valence-corrected chi connectivity index (χ3v) is 7.06. The number of benzene rings is 2. The monoisotopic (exact) mass is 497 g/mol. The molecule has 2 aromatic carbocycles. The molecular weight excluding hydrogens is 478 g/mol. The predicted octanol–water partition coefficient (Wildman–Crippen LogP) is 5.76. The van der Waals surface area contributed by atoms with E-state index in [9.17, 15) is 14.7 Å². The van der Waals surface area contributed by atoms with Gasteiger partial charge in [-0.3, -0.25) is 14.5 Å². The molecule has 4 rings (SSSR count). The molecule has 1 unspecified atom stereocenters. The number of carbonyl (C=O) groups is 2. The van der Waals surface area contributed by atoms with Crippen molar-refractivity contribution < 1.29 is 19.4 Å². The van der Waals surface area contributed by atoms with Gasteiger partial charge in [-0.25, -0.2) is 0 Å². The van der Waals surface area contributed by atoms with Crippen molar-refractivity contribution in [3.05, 3.63) is 85.5 Å². The Labute approximate surface area is 192 Å². The first-order chi connectivity index (χ1) is 14.8. The molecule has 0 spiro atoms. The fourth-order valence-electron chi connectivity index (χ4n) is 3.76. The number of carbonyl (C=O) groups excluding carboxylic acids is 2. The number of aliphatic hydroxyl groups excluding tert-OH is 1. The molecule has 1 N–H and O–H groups in total. The van der Waals surface area contributed by atoms with E-state index >= 15 is 0 Å². The zero-order chi connectivity index (χ0) is 22.3. The summed E-state index contributed by atoms with van der Waals surface area (Å²) in [4.78, 5) is 28.7. The number of aryl methyl sites for hydroxylation is 1. The van der Waals surface area contributed by atoms with Gasteiger partial charge in [0.1, 0.15) is 17.6 Å². The Bertz CT molecular complexity index is 1220. The molecule has 7 heteroatoms. The first-order valence-electron chi connectivity index (χ1n) is 9.59. The molecule has 2 heterocycles. The first-order valence-corrected chi connectivity index (χ1v) is 11.3. The maximum Gasteiger partial charge on any atom is 0.300 e. The molecule has 158 valence electrons. The summed E-state index contributed by atoms with van der Waals surface area (Å²) in [6.45, 7) is 3.89. The van der Waals surface area contributed by atoms with Crippen LogP contribution in [-0.2, 0) is 9.59 Å². The number of aliphatic hydroxyl groups is 1. The van der Waals surface area contributed by atoms with Crippen LogP contribution >= 0.6 is 27.3 Å². The largest absolute Gasteiger partial charge is 0.507 e. The normalized spacial score (nSPS) is 17.9. The van der Waals surface area contributed by atoms with E-state index in [0.29, 0.717) is 21.5 Å². The van der Waals surface area contributed by atoms with Gasteiger partial charge in [0.15, 0.2) is 0 Å². The SMILES string of the molecule is COc1ccc(/C(O)=C2/C(=O)C(=O)N(c3cccc(C)c3C)C2c2cccs2)cc1Br. The molecule has 1 saturated heterocycles. The van der Waals surface area contributed by atoms with Gasteiger partial charge in [0.25, 0.3) is 11.7 Å². The third kappa shape index (κ3) is 3.58. The number of Topliss-reactive ketones (excluding diaryl/α,β-unsaturated/α-hetero) is 1. The Balaban J connectivity index is 1.94. The van der Waals surface area contributed by atoms with Gasteiger partial charge in [-0.05, 0) is 76.6 Å². The summed E-state index contributed by atoms with van der Waals surface area (Å²) in [5.41, 5.74) is 3.09. The summed E-state index contributed by atoms with van der Waals surface area (Å²) in [7, 11) is 1.55. The van der Waals surface area contributed by atoms with Gasteiger partial charge in [-0.1, -0.05) is 18.2 Å². The molecule has 31 heavy (non-hydrogen) atoms. The van der Waals surface area contributed by atoms with Crippen LogP contribution in [0.4, 0.5) is 5.69 Å². The zero-order valence-electron chi connectivity index (χ0n) is 17.2. The molecule has 1 aliphatic heterocycles. The number of nitrogens with zero attached hydrogens (tertiary/aromatic N) is 1. The lowest BCUT2D eigenvalue weighted by Gasteiger charge is -2.26. The summed E-state index contributed by atoms with van der Waals surface area (Å²) >= 11 is 4.85. The minimum Gasteiger partial charge on any atom is -0.507 e. The van der Waals surface area contributed by atoms with Crippen LogP contribution in [0, 0.1) is 13.8 Å². The highest BCUT2D eigenvalue weighted by molar-refractivity contribution is 9.10. The van der Waals surface area contributed by atoms with Gasteiger partial charge in [-0.15, -0.1) is 11.3 Å². The van der Waals surface area contributed by atoms with E-state index in [1.807, 2.05) is 49.6 Å². The molecule has 0 radical (unpaired) electrons. The van der Waals surface area contributed by atoms with E-state index in [0.717, 1.165) is 16.0 Å². The van der Waals surface area contributed by atoms with Crippen molar-refractivity contribution in [3.8, 4) is 5.75 Å². The Morgan fingerprint density at radius 1 is 1.13 bits per heavy atom. The molecular formula is C24H20BrNO4S. The molecule has 5 nitrogen and oxygen atoms in total. The van der Waals surface area contributed by atoms with Crippen molar-refractivity contribution >= 4 is 50.4 Å². The smallest absolute Gasteiger partial charge is 0.300 e. The quantitative estimate of drug-likeness (QED) is 0.282. The number of rotatable bonds is 4. The van der Waals surface area contributed by atoms with E-state index in [1.165, 1.54) is 16.2 Å². The lowest BCUT2D eigenvalue weighted by Crippen LogP contribution is -2.29. The van der Waals surface area contributed by atoms with Gasteiger partial charge in [0.05, 0.1) is 17.2 Å². The number of ether oxygens (including phenoxy) is 1. The molecule has 0 saturated carbocycles. The summed E-state index contributed by atoms with van der Waals surface area (Å²) in [6.07, 6.45) is 0. The van der Waals surface area contributed by atoms with E-state index < -0.39 is 17.7 Å². The van der Waals surface area contributed by atoms with E-state index in [-0.39, 0.29) is 11.3 Å². The minimum atomic E-state index is -0.707. The van der Waals surface area contributed by atoms with Crippen molar-refractivity contribution in [3.63, 3.8) is 0 Å². The van der Waals surface area contributed by atoms with E-state index in [4.69, 9.17) is 4.74 Å². The number of ketones is 1. The average Bonchev–Trinajstić information content (AvgIpc) is 3.37. The number of amides is 1. The second-order valence-electron chi connectivity index (χ2n) is 7.25. The summed E-state index contributed by atoms with van der Waals surface area (Å²) in [5.74, 6) is -0.972. The summed E-state index contributed by atoms with van der Waals surface area (Å²) in [5, 5.41) is 13.1. The highest BCUT2D eigenvalue weighted by Gasteiger charge is 2.47. The van der Waals surface area contributed by atoms with E-state index in [2.05, 4.69) is 15.9 Å². The van der Waals surface area contributed by atoms with Crippen LogP contribution in [-0.4, -0.2) is 23.9 Å². The Morgan fingerprint density at radius 2 is 1.90 bits per heavy atom.